The lowest BCUT2D eigenvalue weighted by Gasteiger charge is -2.35. The van der Waals surface area contributed by atoms with Crippen LogP contribution >= 0.6 is 15.9 Å². The summed E-state index contributed by atoms with van der Waals surface area (Å²) in [6, 6.07) is 0. The lowest BCUT2D eigenvalue weighted by molar-refractivity contribution is -0.0579. The minimum absolute atomic E-state index is 0.203. The number of halogens is 1. The van der Waals surface area contributed by atoms with Crippen LogP contribution < -0.4 is 0 Å². The Hall–Kier alpha value is 0.657. The first kappa shape index (κ1) is 13.1. The third kappa shape index (κ3) is 2.41. The third-order valence-electron chi connectivity index (χ3n) is 4.43. The zero-order valence-corrected chi connectivity index (χ0v) is 13.6. The van der Waals surface area contributed by atoms with Gasteiger partial charge in [-0.3, -0.25) is 0 Å². The van der Waals surface area contributed by atoms with Crippen molar-refractivity contribution in [3.8, 4) is 0 Å². The molecule has 2 fully saturated rings. The Morgan fingerprint density at radius 2 is 2.00 bits per heavy atom. The Labute approximate surface area is 109 Å². The Bertz CT molecular complexity index is 263. The van der Waals surface area contributed by atoms with Crippen LogP contribution in [-0.2, 0) is 4.74 Å². The Kier molecular flexibility index (Phi) is 3.60. The number of alkyl halides is 1. The molecule has 1 nitrogen and oxygen atoms in total. The standard InChI is InChI=1S/C13H25BrOSi/c1-13-8-6-5-7-10(13)9-11(15-13)12(14)16(2,3)4/h10-12H,5-9H2,1-4H3/t10-,11-,12+,13+/m1/s1. The molecule has 1 saturated heterocycles. The average molecular weight is 305 g/mol. The molecule has 2 aliphatic rings. The second-order valence-corrected chi connectivity index (χ2v) is 14.1. The van der Waals surface area contributed by atoms with Crippen molar-refractivity contribution in [3.05, 3.63) is 0 Å². The molecule has 0 bridgehead atoms. The van der Waals surface area contributed by atoms with E-state index in [4.69, 9.17) is 4.74 Å². The van der Waals surface area contributed by atoms with E-state index < -0.39 is 8.07 Å². The highest BCUT2D eigenvalue weighted by molar-refractivity contribution is 9.10. The Morgan fingerprint density at radius 1 is 1.31 bits per heavy atom. The highest BCUT2D eigenvalue weighted by atomic mass is 79.9. The van der Waals surface area contributed by atoms with Crippen LogP contribution in [0.15, 0.2) is 0 Å². The minimum Gasteiger partial charge on any atom is -0.371 e. The largest absolute Gasteiger partial charge is 0.371 e. The first-order chi connectivity index (χ1) is 7.33. The molecule has 1 aliphatic heterocycles. The number of ether oxygens (including phenoxy) is 1. The Morgan fingerprint density at radius 3 is 2.56 bits per heavy atom. The van der Waals surface area contributed by atoms with Gasteiger partial charge in [-0.15, -0.1) is 0 Å². The maximum Gasteiger partial charge on any atom is 0.0687 e. The highest BCUT2D eigenvalue weighted by Gasteiger charge is 2.49. The fourth-order valence-electron chi connectivity index (χ4n) is 3.31. The molecule has 1 heterocycles. The van der Waals surface area contributed by atoms with Gasteiger partial charge in [0.15, 0.2) is 0 Å². The molecule has 94 valence electrons. The van der Waals surface area contributed by atoms with Crippen molar-refractivity contribution in [1.29, 1.82) is 0 Å². The minimum atomic E-state index is -1.13. The predicted octanol–water partition coefficient (Wildman–Crippen LogP) is 4.37. The van der Waals surface area contributed by atoms with Crippen molar-refractivity contribution in [2.24, 2.45) is 5.92 Å². The molecular formula is C13H25BrOSi. The SMILES string of the molecule is C[C@]12CCCC[C@@H]1C[C@H]([C@@H](Br)[Si](C)(C)C)O2. The number of fused-ring (bicyclic) bond motifs is 1. The van der Waals surface area contributed by atoms with Crippen molar-refractivity contribution < 1.29 is 4.74 Å². The van der Waals surface area contributed by atoms with Crippen LogP contribution in [0, 0.1) is 5.92 Å². The van der Waals surface area contributed by atoms with Gasteiger partial charge in [-0.1, -0.05) is 48.4 Å². The molecule has 0 radical (unpaired) electrons. The van der Waals surface area contributed by atoms with Gasteiger partial charge < -0.3 is 4.74 Å². The molecule has 0 spiro atoms. The predicted molar refractivity (Wildman–Crippen MR) is 75.9 cm³/mol. The molecule has 0 unspecified atom stereocenters. The summed E-state index contributed by atoms with van der Waals surface area (Å²) in [4.78, 5) is 0. The number of hydrogen-bond acceptors (Lipinski definition) is 1. The van der Waals surface area contributed by atoms with Crippen molar-refractivity contribution in [3.63, 3.8) is 0 Å². The molecule has 0 aromatic heterocycles. The lowest BCUT2D eigenvalue weighted by Crippen LogP contribution is -2.43. The average Bonchev–Trinajstić information content (AvgIpc) is 2.52. The summed E-state index contributed by atoms with van der Waals surface area (Å²) in [6.07, 6.45) is 7.20. The Balaban J connectivity index is 2.06. The van der Waals surface area contributed by atoms with Gasteiger partial charge in [0, 0.05) is 4.45 Å². The van der Waals surface area contributed by atoms with Gasteiger partial charge in [-0.25, -0.2) is 0 Å². The maximum atomic E-state index is 6.43. The molecular weight excluding hydrogens is 280 g/mol. The first-order valence-electron chi connectivity index (χ1n) is 6.65. The molecule has 1 saturated carbocycles. The topological polar surface area (TPSA) is 9.23 Å². The van der Waals surface area contributed by atoms with E-state index in [9.17, 15) is 0 Å². The van der Waals surface area contributed by atoms with E-state index in [-0.39, 0.29) is 5.60 Å². The molecule has 0 amide bonds. The van der Waals surface area contributed by atoms with E-state index in [1.165, 1.54) is 32.1 Å². The summed E-state index contributed by atoms with van der Waals surface area (Å²) in [6.45, 7) is 9.64. The molecule has 2 rings (SSSR count). The summed E-state index contributed by atoms with van der Waals surface area (Å²) >= 11 is 3.92. The summed E-state index contributed by atoms with van der Waals surface area (Å²) in [5.41, 5.74) is 0.203. The lowest BCUT2D eigenvalue weighted by atomic mass is 9.76. The zero-order chi connectivity index (χ0) is 12.0. The first-order valence-corrected chi connectivity index (χ1v) is 11.1. The quantitative estimate of drug-likeness (QED) is 0.544. The molecule has 0 aromatic rings. The smallest absolute Gasteiger partial charge is 0.0687 e. The number of hydrogen-bond donors (Lipinski definition) is 0. The van der Waals surface area contributed by atoms with Gasteiger partial charge >= 0.3 is 0 Å². The maximum absolute atomic E-state index is 6.43. The van der Waals surface area contributed by atoms with Crippen LogP contribution in [-0.4, -0.2) is 24.2 Å². The number of rotatable bonds is 2. The van der Waals surface area contributed by atoms with Crippen molar-refractivity contribution in [2.75, 3.05) is 0 Å². The van der Waals surface area contributed by atoms with Crippen molar-refractivity contribution >= 4 is 24.0 Å². The van der Waals surface area contributed by atoms with E-state index >= 15 is 0 Å². The van der Waals surface area contributed by atoms with Gasteiger partial charge in [0.2, 0.25) is 0 Å². The summed E-state index contributed by atoms with van der Waals surface area (Å²) in [5, 5.41) is 0. The van der Waals surface area contributed by atoms with Crippen LogP contribution in [0.5, 0.6) is 0 Å². The van der Waals surface area contributed by atoms with Crippen LogP contribution in [0.25, 0.3) is 0 Å². The van der Waals surface area contributed by atoms with E-state index in [1.807, 2.05) is 0 Å². The second-order valence-electron chi connectivity index (χ2n) is 6.92. The van der Waals surface area contributed by atoms with E-state index in [2.05, 4.69) is 42.5 Å². The van der Waals surface area contributed by atoms with Gasteiger partial charge in [0.1, 0.15) is 0 Å². The van der Waals surface area contributed by atoms with Crippen LogP contribution in [0.1, 0.15) is 39.0 Å². The molecule has 1 aliphatic carbocycles. The van der Waals surface area contributed by atoms with E-state index in [0.29, 0.717) is 10.6 Å². The summed E-state index contributed by atoms with van der Waals surface area (Å²) in [7, 11) is -1.13. The molecule has 0 N–H and O–H groups in total. The molecule has 16 heavy (non-hydrogen) atoms. The van der Waals surface area contributed by atoms with Gasteiger partial charge in [-0.05, 0) is 32.1 Å². The summed E-state index contributed by atoms with van der Waals surface area (Å²) < 4.78 is 7.04. The van der Waals surface area contributed by atoms with Crippen LogP contribution in [0.2, 0.25) is 19.6 Å². The van der Waals surface area contributed by atoms with Crippen LogP contribution in [0.4, 0.5) is 0 Å². The summed E-state index contributed by atoms with van der Waals surface area (Å²) in [5.74, 6) is 0.822. The molecule has 3 heteroatoms. The van der Waals surface area contributed by atoms with Crippen LogP contribution in [0.3, 0.4) is 0 Å². The monoisotopic (exact) mass is 304 g/mol. The van der Waals surface area contributed by atoms with E-state index in [0.717, 1.165) is 5.92 Å². The fraction of sp³-hybridized carbons (Fsp3) is 1.00. The fourth-order valence-corrected chi connectivity index (χ4v) is 4.95. The van der Waals surface area contributed by atoms with E-state index in [1.54, 1.807) is 0 Å². The van der Waals surface area contributed by atoms with Crippen molar-refractivity contribution in [1.82, 2.24) is 0 Å². The molecule has 4 atom stereocenters. The second kappa shape index (κ2) is 4.40. The van der Waals surface area contributed by atoms with Gasteiger partial charge in [0.05, 0.1) is 19.8 Å². The van der Waals surface area contributed by atoms with Gasteiger partial charge in [0.25, 0.3) is 0 Å². The normalized spacial score (nSPS) is 41.8. The van der Waals surface area contributed by atoms with Crippen molar-refractivity contribution in [2.45, 2.75) is 74.8 Å². The zero-order valence-electron chi connectivity index (χ0n) is 11.1. The van der Waals surface area contributed by atoms with Gasteiger partial charge in [-0.2, -0.15) is 0 Å². The third-order valence-corrected chi connectivity index (χ3v) is 11.2. The highest BCUT2D eigenvalue weighted by Crippen LogP contribution is 2.48. The molecule has 0 aromatic carbocycles.